The van der Waals surface area contributed by atoms with Crippen molar-refractivity contribution in [2.75, 3.05) is 6.54 Å². The van der Waals surface area contributed by atoms with Crippen LogP contribution in [0.2, 0.25) is 5.15 Å². The number of halogens is 4. The van der Waals surface area contributed by atoms with Gasteiger partial charge in [0.25, 0.3) is 11.8 Å². The lowest BCUT2D eigenvalue weighted by Gasteiger charge is -2.40. The number of pyridine rings is 1. The summed E-state index contributed by atoms with van der Waals surface area (Å²) in [5.41, 5.74) is 3.49. The Hall–Kier alpha value is -2.03. The van der Waals surface area contributed by atoms with E-state index in [0.717, 1.165) is 11.0 Å². The minimum absolute atomic E-state index is 0.0214. The fourth-order valence-corrected chi connectivity index (χ4v) is 3.22. The maximum absolute atomic E-state index is 14.0. The van der Waals surface area contributed by atoms with Gasteiger partial charge in [-0.3, -0.25) is 4.79 Å². The molecule has 0 bridgehead atoms. The second-order valence-electron chi connectivity index (χ2n) is 7.17. The molecule has 10 heteroatoms. The average Bonchev–Trinajstić information content (AvgIpc) is 2.53. The van der Waals surface area contributed by atoms with Gasteiger partial charge in [-0.2, -0.15) is 0 Å². The molecule has 0 radical (unpaired) electrons. The van der Waals surface area contributed by atoms with Gasteiger partial charge in [0, 0.05) is 12.5 Å². The molecule has 1 fully saturated rings. The van der Waals surface area contributed by atoms with Crippen molar-refractivity contribution in [2.24, 2.45) is 5.73 Å². The first-order valence-corrected chi connectivity index (χ1v) is 8.77. The van der Waals surface area contributed by atoms with Gasteiger partial charge in [0.1, 0.15) is 10.8 Å². The average molecular weight is 408 g/mol. The largest absolute Gasteiger partial charge is 0.444 e. The maximum Gasteiger partial charge on any atom is 0.405 e. The number of primary amides is 1. The number of alkyl halides is 2. The molecule has 0 aliphatic carbocycles. The van der Waals surface area contributed by atoms with Crippen LogP contribution in [0.5, 0.6) is 0 Å². The third-order valence-electron chi connectivity index (χ3n) is 4.42. The number of hydrogen-bond acceptors (Lipinski definition) is 4. The van der Waals surface area contributed by atoms with Crippen molar-refractivity contribution in [3.8, 4) is 0 Å². The number of piperidine rings is 1. The number of aromatic nitrogens is 1. The molecule has 27 heavy (non-hydrogen) atoms. The highest BCUT2D eigenvalue weighted by Crippen LogP contribution is 2.34. The Kier molecular flexibility index (Phi) is 6.24. The predicted molar refractivity (Wildman–Crippen MR) is 92.2 cm³/mol. The van der Waals surface area contributed by atoms with E-state index in [9.17, 15) is 22.8 Å². The Bertz CT molecular complexity index is 731. The van der Waals surface area contributed by atoms with Crippen LogP contribution in [0.3, 0.4) is 0 Å². The predicted octanol–water partition coefficient (Wildman–Crippen LogP) is 3.77. The number of hydrogen-bond donors (Lipinski definition) is 1. The molecule has 1 aliphatic rings. The van der Waals surface area contributed by atoms with Crippen molar-refractivity contribution < 1.29 is 27.5 Å². The fraction of sp³-hybridized carbons (Fsp3) is 0.588. The third-order valence-corrected chi connectivity index (χ3v) is 4.63. The van der Waals surface area contributed by atoms with Gasteiger partial charge in [0.2, 0.25) is 0 Å². The highest BCUT2D eigenvalue weighted by Gasteiger charge is 2.43. The summed E-state index contributed by atoms with van der Waals surface area (Å²) in [6.07, 6.45) is -0.781. The highest BCUT2D eigenvalue weighted by atomic mass is 35.5. The second-order valence-corrected chi connectivity index (χ2v) is 7.55. The summed E-state index contributed by atoms with van der Waals surface area (Å²) >= 11 is 5.70. The Balaban J connectivity index is 2.21. The van der Waals surface area contributed by atoms with Gasteiger partial charge >= 0.3 is 6.09 Å². The van der Waals surface area contributed by atoms with Crippen LogP contribution in [0.15, 0.2) is 12.1 Å². The molecule has 2 heterocycles. The minimum Gasteiger partial charge on any atom is -0.444 e. The van der Waals surface area contributed by atoms with Gasteiger partial charge < -0.3 is 15.4 Å². The van der Waals surface area contributed by atoms with Crippen LogP contribution in [0.25, 0.3) is 0 Å². The van der Waals surface area contributed by atoms with E-state index in [1.807, 2.05) is 0 Å². The first kappa shape index (κ1) is 21.3. The van der Waals surface area contributed by atoms with E-state index in [1.165, 1.54) is 6.07 Å². The van der Waals surface area contributed by atoms with Crippen LogP contribution in [0, 0.1) is 5.82 Å². The van der Waals surface area contributed by atoms with Crippen molar-refractivity contribution in [3.63, 3.8) is 0 Å². The lowest BCUT2D eigenvalue weighted by molar-refractivity contribution is -0.0758. The normalized spacial score (nSPS) is 19.6. The smallest absolute Gasteiger partial charge is 0.405 e. The molecule has 6 nitrogen and oxygen atoms in total. The van der Waals surface area contributed by atoms with Crippen LogP contribution in [0.4, 0.5) is 18.0 Å². The Morgan fingerprint density at radius 1 is 1.44 bits per heavy atom. The van der Waals surface area contributed by atoms with E-state index >= 15 is 0 Å². The molecule has 1 aromatic heterocycles. The summed E-state index contributed by atoms with van der Waals surface area (Å²) in [5, 5.41) is -0.115. The number of nitrogens with zero attached hydrogens (tertiary/aromatic N) is 2. The summed E-state index contributed by atoms with van der Waals surface area (Å²) in [6.45, 7) is 2.40. The summed E-state index contributed by atoms with van der Waals surface area (Å²) in [5.74, 6) is -4.97. The SMILES string of the molecule is CC(C)(CC[C@@H]1CCC(F)(F)CN1C(=O)c1nc(Cl)ccc1F)OC(N)=O. The molecule has 2 rings (SSSR count). The third kappa shape index (κ3) is 5.72. The molecule has 2 amide bonds. The van der Waals surface area contributed by atoms with Gasteiger partial charge in [-0.1, -0.05) is 11.6 Å². The number of rotatable bonds is 5. The molecule has 0 spiro atoms. The monoisotopic (exact) mass is 407 g/mol. The molecule has 1 aromatic rings. The Morgan fingerprint density at radius 2 is 2.11 bits per heavy atom. The van der Waals surface area contributed by atoms with Crippen molar-refractivity contribution in [1.29, 1.82) is 0 Å². The lowest BCUT2D eigenvalue weighted by atomic mass is 9.91. The van der Waals surface area contributed by atoms with Crippen LogP contribution >= 0.6 is 11.6 Å². The fourth-order valence-electron chi connectivity index (χ4n) is 3.07. The topological polar surface area (TPSA) is 85.5 Å². The zero-order valence-electron chi connectivity index (χ0n) is 15.0. The van der Waals surface area contributed by atoms with E-state index in [-0.39, 0.29) is 24.4 Å². The zero-order chi connectivity index (χ0) is 20.4. The summed E-state index contributed by atoms with van der Waals surface area (Å²) in [4.78, 5) is 28.2. The molecule has 0 aromatic carbocycles. The first-order chi connectivity index (χ1) is 12.4. The molecule has 1 atom stereocenters. The van der Waals surface area contributed by atoms with Crippen LogP contribution in [-0.2, 0) is 4.74 Å². The van der Waals surface area contributed by atoms with Gasteiger partial charge in [-0.25, -0.2) is 22.9 Å². The van der Waals surface area contributed by atoms with E-state index in [4.69, 9.17) is 22.1 Å². The van der Waals surface area contributed by atoms with Crippen molar-refractivity contribution in [3.05, 3.63) is 28.8 Å². The highest BCUT2D eigenvalue weighted by molar-refractivity contribution is 6.29. The molecule has 0 unspecified atom stereocenters. The quantitative estimate of drug-likeness (QED) is 0.753. The minimum atomic E-state index is -3.08. The van der Waals surface area contributed by atoms with E-state index in [0.29, 0.717) is 0 Å². The first-order valence-electron chi connectivity index (χ1n) is 8.39. The molecule has 0 saturated carbocycles. The number of ether oxygens (including phenoxy) is 1. The number of likely N-dealkylation sites (tertiary alicyclic amines) is 1. The maximum atomic E-state index is 14.0. The number of amides is 2. The summed E-state index contributed by atoms with van der Waals surface area (Å²) < 4.78 is 46.8. The molecule has 150 valence electrons. The van der Waals surface area contributed by atoms with Crippen molar-refractivity contribution >= 4 is 23.6 Å². The van der Waals surface area contributed by atoms with Crippen molar-refractivity contribution in [2.45, 2.75) is 57.1 Å². The van der Waals surface area contributed by atoms with Crippen LogP contribution < -0.4 is 5.73 Å². The molecular formula is C17H21ClF3N3O3. The second kappa shape index (κ2) is 7.92. The number of nitrogens with two attached hydrogens (primary N) is 1. The van der Waals surface area contributed by atoms with Crippen molar-refractivity contribution in [1.82, 2.24) is 9.88 Å². The number of carbonyl (C=O) groups excluding carboxylic acids is 2. The lowest BCUT2D eigenvalue weighted by Crippen LogP contribution is -2.52. The van der Waals surface area contributed by atoms with E-state index < -0.39 is 54.0 Å². The van der Waals surface area contributed by atoms with E-state index in [1.54, 1.807) is 13.8 Å². The molecule has 1 saturated heterocycles. The van der Waals surface area contributed by atoms with Gasteiger partial charge in [0.15, 0.2) is 11.5 Å². The standard InChI is InChI=1S/C17H21ClF3N3O3/c1-16(2,27-15(22)26)7-5-10-6-8-17(20,21)9-24(10)14(25)13-11(19)3-4-12(18)23-13/h3-4,10H,5-9H2,1-2H3,(H2,22,26)/t10-/m1/s1. The van der Waals surface area contributed by atoms with E-state index in [2.05, 4.69) is 4.98 Å². The molecule has 1 aliphatic heterocycles. The van der Waals surface area contributed by atoms with Crippen LogP contribution in [-0.4, -0.2) is 46.0 Å². The van der Waals surface area contributed by atoms with Gasteiger partial charge in [-0.15, -0.1) is 0 Å². The van der Waals surface area contributed by atoms with Crippen LogP contribution in [0.1, 0.15) is 50.0 Å². The molecular weight excluding hydrogens is 387 g/mol. The summed E-state index contributed by atoms with van der Waals surface area (Å²) in [7, 11) is 0. The summed E-state index contributed by atoms with van der Waals surface area (Å²) in [6, 6.07) is 1.54. The zero-order valence-corrected chi connectivity index (χ0v) is 15.7. The van der Waals surface area contributed by atoms with Gasteiger partial charge in [-0.05, 0) is 45.2 Å². The Labute approximate surface area is 159 Å². The Morgan fingerprint density at radius 3 is 2.74 bits per heavy atom. The number of carbonyl (C=O) groups is 2. The van der Waals surface area contributed by atoms with Gasteiger partial charge in [0.05, 0.1) is 6.54 Å². The molecule has 2 N–H and O–H groups in total.